The first-order valence-electron chi connectivity index (χ1n) is 4.60. The molecule has 0 N–H and O–H groups in total. The van der Waals surface area contributed by atoms with Crippen molar-refractivity contribution in [3.63, 3.8) is 0 Å². The Morgan fingerprint density at radius 1 is 1.17 bits per heavy atom. The van der Waals surface area contributed by atoms with Gasteiger partial charge in [0.2, 0.25) is 0 Å². The van der Waals surface area contributed by atoms with Gasteiger partial charge in [-0.2, -0.15) is 0 Å². The van der Waals surface area contributed by atoms with Gasteiger partial charge >= 0.3 is 0 Å². The summed E-state index contributed by atoms with van der Waals surface area (Å²) in [5, 5.41) is 0. The van der Waals surface area contributed by atoms with Crippen LogP contribution in [0.15, 0.2) is 24.0 Å². The van der Waals surface area contributed by atoms with Gasteiger partial charge in [0.15, 0.2) is 7.28 Å². The maximum atomic E-state index is 2.22. The Morgan fingerprint density at radius 3 is 2.42 bits per heavy atom. The molecule has 0 nitrogen and oxygen atoms in total. The second-order valence-electron chi connectivity index (χ2n) is 2.70. The number of rotatable bonds is 6. The molecule has 0 aliphatic carbocycles. The lowest BCUT2D eigenvalue weighted by molar-refractivity contribution is 0.944. The van der Waals surface area contributed by atoms with Crippen LogP contribution in [0, 0.1) is 0 Å². The maximum absolute atomic E-state index is 2.22. The summed E-state index contributed by atoms with van der Waals surface area (Å²) < 4.78 is 0. The molecule has 0 spiro atoms. The van der Waals surface area contributed by atoms with Crippen molar-refractivity contribution in [3.8, 4) is 0 Å². The molecule has 0 heterocycles. The molecular formula is C9H16B3. The molecule has 3 heteroatoms. The average molecular weight is 157 g/mol. The molecule has 0 aromatic rings. The third-order valence-electron chi connectivity index (χ3n) is 1.78. The second kappa shape index (κ2) is 8.77. The maximum Gasteiger partial charge on any atom is 0.169 e. The standard InChI is InChI=1S/C9H16B3/c1-4-9(11-3)5-6-12-8-7-10-2/h5-9H,4H2,1-3H3. The zero-order valence-electron chi connectivity index (χ0n) is 8.33. The van der Waals surface area contributed by atoms with E-state index in [-0.39, 0.29) is 0 Å². The van der Waals surface area contributed by atoms with Crippen LogP contribution in [0.3, 0.4) is 0 Å². The van der Waals surface area contributed by atoms with Gasteiger partial charge in [0.05, 0.1) is 0 Å². The van der Waals surface area contributed by atoms with E-state index in [9.17, 15) is 0 Å². The average Bonchev–Trinajstić information content (AvgIpc) is 2.11. The van der Waals surface area contributed by atoms with E-state index in [4.69, 9.17) is 0 Å². The lowest BCUT2D eigenvalue weighted by atomic mass is 9.63. The van der Waals surface area contributed by atoms with Gasteiger partial charge in [0.1, 0.15) is 14.6 Å². The summed E-state index contributed by atoms with van der Waals surface area (Å²) in [6, 6.07) is 0. The number of hydrogen-bond acceptors (Lipinski definition) is 0. The molecule has 0 aliphatic rings. The van der Waals surface area contributed by atoms with E-state index in [1.165, 1.54) is 6.42 Å². The number of allylic oxidation sites excluding steroid dienone is 1. The van der Waals surface area contributed by atoms with Crippen molar-refractivity contribution in [2.24, 2.45) is 0 Å². The van der Waals surface area contributed by atoms with Crippen LogP contribution in [-0.2, 0) is 0 Å². The fourth-order valence-corrected chi connectivity index (χ4v) is 0.929. The Labute approximate surface area is 79.2 Å². The van der Waals surface area contributed by atoms with E-state index in [1.54, 1.807) is 0 Å². The molecule has 0 saturated heterocycles. The predicted octanol–water partition coefficient (Wildman–Crippen LogP) is 2.38. The minimum absolute atomic E-state index is 0.625. The Hall–Kier alpha value is -0.325. The molecule has 12 heavy (non-hydrogen) atoms. The molecule has 0 aromatic heterocycles. The van der Waals surface area contributed by atoms with Crippen molar-refractivity contribution < 1.29 is 0 Å². The molecule has 0 fully saturated rings. The van der Waals surface area contributed by atoms with E-state index in [0.717, 1.165) is 0 Å². The van der Waals surface area contributed by atoms with Gasteiger partial charge in [-0.1, -0.05) is 32.8 Å². The third-order valence-corrected chi connectivity index (χ3v) is 1.78. The fourth-order valence-electron chi connectivity index (χ4n) is 0.929. The van der Waals surface area contributed by atoms with Gasteiger partial charge in [0.25, 0.3) is 0 Å². The minimum Gasteiger partial charge on any atom is -0.135 e. The molecule has 0 aromatic carbocycles. The molecule has 0 saturated carbocycles. The largest absolute Gasteiger partial charge is 0.169 e. The first-order valence-corrected chi connectivity index (χ1v) is 4.60. The Kier molecular flexibility index (Phi) is 8.53. The highest BCUT2D eigenvalue weighted by Crippen LogP contribution is 2.08. The molecule has 0 rings (SSSR count). The summed E-state index contributed by atoms with van der Waals surface area (Å²) in [6.07, 6.45) is 3.41. The van der Waals surface area contributed by atoms with Gasteiger partial charge in [-0.15, -0.1) is 24.0 Å². The van der Waals surface area contributed by atoms with E-state index >= 15 is 0 Å². The summed E-state index contributed by atoms with van der Waals surface area (Å²) in [4.78, 5) is 0. The van der Waals surface area contributed by atoms with Crippen LogP contribution in [-0.4, -0.2) is 21.8 Å². The summed E-state index contributed by atoms with van der Waals surface area (Å²) in [5.41, 5.74) is 0. The first-order chi connectivity index (χ1) is 5.85. The van der Waals surface area contributed by atoms with Gasteiger partial charge < -0.3 is 0 Å². The SMILES string of the molecule is C[B]C=C[B]C=CC([B]C)CC. The highest BCUT2D eigenvalue weighted by molar-refractivity contribution is 6.52. The van der Waals surface area contributed by atoms with Gasteiger partial charge in [-0.05, 0) is 0 Å². The Balaban J connectivity index is 3.52. The van der Waals surface area contributed by atoms with Crippen LogP contribution < -0.4 is 0 Å². The molecule has 3 radical (unpaired) electrons. The van der Waals surface area contributed by atoms with E-state index in [2.05, 4.69) is 40.4 Å². The van der Waals surface area contributed by atoms with Crippen LogP contribution in [0.4, 0.5) is 0 Å². The fraction of sp³-hybridized carbons (Fsp3) is 0.556. The van der Waals surface area contributed by atoms with Crippen LogP contribution in [0.1, 0.15) is 13.3 Å². The van der Waals surface area contributed by atoms with Crippen molar-refractivity contribution in [3.05, 3.63) is 24.0 Å². The van der Waals surface area contributed by atoms with Crippen molar-refractivity contribution in [2.75, 3.05) is 0 Å². The topological polar surface area (TPSA) is 0 Å². The highest BCUT2D eigenvalue weighted by Gasteiger charge is 1.96. The van der Waals surface area contributed by atoms with Crippen LogP contribution in [0.5, 0.6) is 0 Å². The van der Waals surface area contributed by atoms with Crippen LogP contribution >= 0.6 is 0 Å². The lowest BCUT2D eigenvalue weighted by Crippen LogP contribution is -1.94. The van der Waals surface area contributed by atoms with Crippen molar-refractivity contribution in [1.82, 2.24) is 0 Å². The molecule has 0 amide bonds. The van der Waals surface area contributed by atoms with Crippen LogP contribution in [0.25, 0.3) is 0 Å². The van der Waals surface area contributed by atoms with Crippen molar-refractivity contribution >= 4 is 21.8 Å². The second-order valence-corrected chi connectivity index (χ2v) is 2.70. The van der Waals surface area contributed by atoms with Crippen LogP contribution in [0.2, 0.25) is 19.5 Å². The molecule has 1 atom stereocenters. The Bertz CT molecular complexity index is 137. The summed E-state index contributed by atoms with van der Waals surface area (Å²) in [5.74, 6) is 6.80. The molecule has 0 aliphatic heterocycles. The van der Waals surface area contributed by atoms with Gasteiger partial charge in [-0.3, -0.25) is 0 Å². The molecule has 0 bridgehead atoms. The molecule has 61 valence electrons. The van der Waals surface area contributed by atoms with Crippen molar-refractivity contribution in [1.29, 1.82) is 0 Å². The van der Waals surface area contributed by atoms with E-state index in [0.29, 0.717) is 5.82 Å². The smallest absolute Gasteiger partial charge is 0.135 e. The van der Waals surface area contributed by atoms with Gasteiger partial charge in [0, 0.05) is 0 Å². The molecular weight excluding hydrogens is 141 g/mol. The molecule has 1 unspecified atom stereocenters. The van der Waals surface area contributed by atoms with Gasteiger partial charge in [-0.25, -0.2) is 0 Å². The quantitative estimate of drug-likeness (QED) is 0.518. The monoisotopic (exact) mass is 157 g/mol. The summed E-state index contributed by atoms with van der Waals surface area (Å²) in [7, 11) is 6.31. The summed E-state index contributed by atoms with van der Waals surface area (Å²) >= 11 is 0. The van der Waals surface area contributed by atoms with E-state index in [1.807, 2.05) is 26.1 Å². The lowest BCUT2D eigenvalue weighted by Gasteiger charge is -2.02. The van der Waals surface area contributed by atoms with E-state index < -0.39 is 0 Å². The zero-order valence-corrected chi connectivity index (χ0v) is 8.33. The highest BCUT2D eigenvalue weighted by atomic mass is 13.9. The Morgan fingerprint density at radius 2 is 1.92 bits per heavy atom. The van der Waals surface area contributed by atoms with Crippen molar-refractivity contribution in [2.45, 2.75) is 32.8 Å². The predicted molar refractivity (Wildman–Crippen MR) is 61.3 cm³/mol. The minimum atomic E-state index is 0.625. The normalized spacial score (nSPS) is 13.6. The first kappa shape index (κ1) is 11.7. The number of hydrogen-bond donors (Lipinski definition) is 0. The zero-order chi connectivity index (χ0) is 9.23. The third kappa shape index (κ3) is 6.39. The summed E-state index contributed by atoms with van der Waals surface area (Å²) in [6.45, 7) is 6.32.